The lowest BCUT2D eigenvalue weighted by molar-refractivity contribution is -0.140. The third kappa shape index (κ3) is 5.75. The number of sulfonamides is 1. The van der Waals surface area contributed by atoms with Gasteiger partial charge in [-0.15, -0.1) is 0 Å². The Morgan fingerprint density at radius 3 is 2.38 bits per heavy atom. The predicted octanol–water partition coefficient (Wildman–Crippen LogP) is 1.08. The number of amides is 1. The number of carbonyl (C=O) groups is 3. The van der Waals surface area contributed by atoms with Gasteiger partial charge in [0.15, 0.2) is 0 Å². The minimum atomic E-state index is -4.07. The van der Waals surface area contributed by atoms with Crippen LogP contribution >= 0.6 is 0 Å². The Labute approximate surface area is 192 Å². The topological polar surface area (TPSA) is 196 Å². The summed E-state index contributed by atoms with van der Waals surface area (Å²) in [6, 6.07) is 7.70. The molecule has 178 valence electrons. The summed E-state index contributed by atoms with van der Waals surface area (Å²) in [6.07, 6.45) is -0.730. The molecule has 1 amide bonds. The number of nitrogens with one attached hydrogen (secondary N) is 3. The molecule has 0 fully saturated rings. The fraction of sp³-hybridized carbons (Fsp3) is 0.190. The minimum Gasteiger partial charge on any atom is -0.481 e. The molecule has 5 N–H and O–H groups in total. The largest absolute Gasteiger partial charge is 0.481 e. The van der Waals surface area contributed by atoms with Gasteiger partial charge in [-0.25, -0.2) is 18.2 Å². The van der Waals surface area contributed by atoms with Crippen molar-refractivity contribution in [3.8, 4) is 0 Å². The van der Waals surface area contributed by atoms with Crippen LogP contribution in [0.5, 0.6) is 0 Å². The number of carboxylic acids is 2. The number of hydrogen-bond donors (Lipinski definition) is 5. The fourth-order valence-electron chi connectivity index (χ4n) is 3.07. The van der Waals surface area contributed by atoms with E-state index in [2.05, 4.69) is 20.0 Å². The molecule has 0 saturated carbocycles. The molecule has 2 aromatic carbocycles. The zero-order chi connectivity index (χ0) is 25.0. The van der Waals surface area contributed by atoms with Crippen LogP contribution in [0.1, 0.15) is 29.0 Å². The van der Waals surface area contributed by atoms with Gasteiger partial charge in [-0.3, -0.25) is 19.1 Å². The summed E-state index contributed by atoms with van der Waals surface area (Å²) in [5.41, 5.74) is 0.0352. The molecule has 0 aliphatic heterocycles. The molecule has 0 radical (unpaired) electrons. The number of carbonyl (C=O) groups excluding carboxylic acids is 1. The van der Waals surface area contributed by atoms with Crippen molar-refractivity contribution in [2.45, 2.75) is 30.7 Å². The van der Waals surface area contributed by atoms with E-state index >= 15 is 0 Å². The van der Waals surface area contributed by atoms with E-state index in [9.17, 15) is 27.6 Å². The van der Waals surface area contributed by atoms with Gasteiger partial charge in [-0.1, -0.05) is 0 Å². The van der Waals surface area contributed by atoms with Gasteiger partial charge >= 0.3 is 11.9 Å². The van der Waals surface area contributed by atoms with Crippen LogP contribution in [0.2, 0.25) is 0 Å². The highest BCUT2D eigenvalue weighted by molar-refractivity contribution is 7.92. The van der Waals surface area contributed by atoms with E-state index in [-0.39, 0.29) is 28.0 Å². The number of fused-ring (bicyclic) bond motifs is 1. The predicted molar refractivity (Wildman–Crippen MR) is 120 cm³/mol. The molecule has 0 spiro atoms. The molecular weight excluding hydrogens is 468 g/mol. The van der Waals surface area contributed by atoms with E-state index in [1.165, 1.54) is 42.5 Å². The van der Waals surface area contributed by atoms with E-state index in [1.807, 2.05) is 0 Å². The summed E-state index contributed by atoms with van der Waals surface area (Å²) < 4.78 is 27.8. The first-order valence-electron chi connectivity index (χ1n) is 9.85. The number of hydrogen-bond acceptors (Lipinski definition) is 7. The average molecular weight is 488 g/mol. The summed E-state index contributed by atoms with van der Waals surface area (Å²) >= 11 is 0. The van der Waals surface area contributed by atoms with Crippen molar-refractivity contribution in [1.82, 2.24) is 15.3 Å². The fourth-order valence-corrected chi connectivity index (χ4v) is 4.16. The van der Waals surface area contributed by atoms with Gasteiger partial charge in [0.2, 0.25) is 0 Å². The van der Waals surface area contributed by atoms with Gasteiger partial charge in [0.1, 0.15) is 11.9 Å². The summed E-state index contributed by atoms with van der Waals surface area (Å²) in [5, 5.41) is 20.2. The average Bonchev–Trinajstić information content (AvgIpc) is 2.76. The molecule has 34 heavy (non-hydrogen) atoms. The molecule has 1 heterocycles. The van der Waals surface area contributed by atoms with Crippen molar-refractivity contribution in [3.05, 3.63) is 64.2 Å². The molecule has 0 aliphatic carbocycles. The van der Waals surface area contributed by atoms with Gasteiger partial charge in [0.25, 0.3) is 21.5 Å². The summed E-state index contributed by atoms with van der Waals surface area (Å²) in [4.78, 5) is 52.8. The van der Waals surface area contributed by atoms with Gasteiger partial charge in [-0.05, 0) is 55.8 Å². The van der Waals surface area contributed by atoms with Crippen molar-refractivity contribution < 1.29 is 33.0 Å². The lowest BCUT2D eigenvalue weighted by atomic mass is 10.1. The second-order valence-electron chi connectivity index (χ2n) is 7.31. The number of aliphatic carboxylic acids is 2. The molecule has 0 aliphatic rings. The Morgan fingerprint density at radius 2 is 1.76 bits per heavy atom. The maximum atomic E-state index is 12.8. The number of aromatic amines is 1. The molecule has 3 rings (SSSR count). The molecule has 0 unspecified atom stereocenters. The Balaban J connectivity index is 1.75. The number of anilines is 1. The summed E-state index contributed by atoms with van der Waals surface area (Å²) in [5.74, 6) is -2.94. The van der Waals surface area contributed by atoms with Crippen LogP contribution < -0.4 is 15.6 Å². The second-order valence-corrected chi connectivity index (χ2v) is 8.99. The van der Waals surface area contributed by atoms with E-state index in [1.54, 1.807) is 6.92 Å². The lowest BCUT2D eigenvalue weighted by Gasteiger charge is -2.14. The van der Waals surface area contributed by atoms with Gasteiger partial charge < -0.3 is 20.5 Å². The van der Waals surface area contributed by atoms with Crippen molar-refractivity contribution in [2.24, 2.45) is 0 Å². The van der Waals surface area contributed by atoms with Crippen molar-refractivity contribution in [2.75, 3.05) is 4.72 Å². The molecule has 13 heteroatoms. The van der Waals surface area contributed by atoms with Crippen LogP contribution in [0.25, 0.3) is 10.9 Å². The van der Waals surface area contributed by atoms with Crippen molar-refractivity contribution in [3.63, 3.8) is 0 Å². The molecule has 1 atom stereocenters. The Morgan fingerprint density at radius 1 is 1.09 bits per heavy atom. The van der Waals surface area contributed by atoms with Crippen LogP contribution in [-0.4, -0.2) is 52.5 Å². The third-order valence-electron chi connectivity index (χ3n) is 4.76. The second kappa shape index (κ2) is 9.70. The maximum Gasteiger partial charge on any atom is 0.326 e. The highest BCUT2D eigenvalue weighted by Gasteiger charge is 2.22. The van der Waals surface area contributed by atoms with E-state index in [4.69, 9.17) is 10.2 Å². The molecule has 3 aromatic rings. The van der Waals surface area contributed by atoms with Crippen LogP contribution in [0, 0.1) is 6.92 Å². The van der Waals surface area contributed by atoms with Crippen molar-refractivity contribution >= 4 is 44.5 Å². The standard InChI is InChI=1S/C21H20N4O8S/c1-11-22-16-7-6-14(10-15(16)20(29)23-11)34(32,33)25-13-4-2-12(3-5-13)19(28)24-17(21(30)31)8-9-18(26)27/h2-7,10,17,25H,8-9H2,1H3,(H,24,28)(H,26,27)(H,30,31)(H,22,23,29)/t17-/m0/s1. The minimum absolute atomic E-state index is 0.0446. The maximum absolute atomic E-state index is 12.8. The van der Waals surface area contributed by atoms with Crippen LogP contribution in [0.4, 0.5) is 5.69 Å². The first-order chi connectivity index (χ1) is 16.0. The molecule has 0 bridgehead atoms. The number of aryl methyl sites for hydroxylation is 1. The number of H-pyrrole nitrogens is 1. The lowest BCUT2D eigenvalue weighted by Crippen LogP contribution is -2.41. The Kier molecular flexibility index (Phi) is 6.96. The number of carboxylic acid groups (broad SMARTS) is 2. The third-order valence-corrected chi connectivity index (χ3v) is 6.13. The normalized spacial score (nSPS) is 12.1. The van der Waals surface area contributed by atoms with Gasteiger partial charge in [0, 0.05) is 17.7 Å². The summed E-state index contributed by atoms with van der Waals surface area (Å²) in [6.45, 7) is 1.61. The quantitative estimate of drug-likeness (QED) is 0.293. The smallest absolute Gasteiger partial charge is 0.326 e. The summed E-state index contributed by atoms with van der Waals surface area (Å²) in [7, 11) is -4.07. The number of rotatable bonds is 9. The molecule has 12 nitrogen and oxygen atoms in total. The van der Waals surface area contributed by atoms with Gasteiger partial charge in [-0.2, -0.15) is 0 Å². The number of benzene rings is 2. The van der Waals surface area contributed by atoms with E-state index in [0.29, 0.717) is 11.3 Å². The van der Waals surface area contributed by atoms with Crippen LogP contribution in [0.3, 0.4) is 0 Å². The highest BCUT2D eigenvalue weighted by atomic mass is 32.2. The van der Waals surface area contributed by atoms with Gasteiger partial charge in [0.05, 0.1) is 15.8 Å². The first-order valence-corrected chi connectivity index (χ1v) is 11.3. The number of aromatic nitrogens is 2. The Bertz CT molecular complexity index is 1430. The monoisotopic (exact) mass is 488 g/mol. The van der Waals surface area contributed by atoms with Crippen LogP contribution in [0.15, 0.2) is 52.2 Å². The highest BCUT2D eigenvalue weighted by Crippen LogP contribution is 2.19. The Hall–Kier alpha value is -4.26. The zero-order valence-corrected chi connectivity index (χ0v) is 18.5. The van der Waals surface area contributed by atoms with E-state index in [0.717, 1.165) is 0 Å². The zero-order valence-electron chi connectivity index (χ0n) is 17.7. The SMILES string of the molecule is Cc1nc2ccc(S(=O)(=O)Nc3ccc(C(=O)N[C@@H](CCC(=O)O)C(=O)O)cc3)cc2c(=O)[nH]1. The number of nitrogens with zero attached hydrogens (tertiary/aromatic N) is 1. The molecule has 0 saturated heterocycles. The molecule has 1 aromatic heterocycles. The van der Waals surface area contributed by atoms with Crippen LogP contribution in [-0.2, 0) is 19.6 Å². The first kappa shape index (κ1) is 24.4. The molecular formula is C21H20N4O8S. The van der Waals surface area contributed by atoms with Crippen molar-refractivity contribution in [1.29, 1.82) is 0 Å². The van der Waals surface area contributed by atoms with E-state index < -0.39 is 45.9 Å².